The summed E-state index contributed by atoms with van der Waals surface area (Å²) in [5.41, 5.74) is 9.03. The molecule has 8 heteroatoms. The molecule has 1 amide bonds. The topological polar surface area (TPSA) is 139 Å². The van der Waals surface area contributed by atoms with Crippen LogP contribution in [0.3, 0.4) is 0 Å². The van der Waals surface area contributed by atoms with Crippen LogP contribution in [0, 0.1) is 11.3 Å². The molecular formula is C23H22N4O3S. The summed E-state index contributed by atoms with van der Waals surface area (Å²) in [6, 6.07) is 20.9. The number of amidine groups is 1. The van der Waals surface area contributed by atoms with Gasteiger partial charge in [0.25, 0.3) is 0 Å². The molecule has 1 fully saturated rings. The van der Waals surface area contributed by atoms with Gasteiger partial charge in [-0.2, -0.15) is 0 Å². The first kappa shape index (κ1) is 20.8. The predicted molar refractivity (Wildman–Crippen MR) is 120 cm³/mol. The number of carbonyl (C=O) groups excluding carboxylic acids is 1. The zero-order valence-electron chi connectivity index (χ0n) is 16.6. The van der Waals surface area contributed by atoms with Crippen molar-refractivity contribution in [1.29, 1.82) is 5.41 Å². The number of benzene rings is 3. The Balaban J connectivity index is 1.46. The van der Waals surface area contributed by atoms with E-state index in [1.807, 2.05) is 18.2 Å². The number of primary sulfonamides is 1. The van der Waals surface area contributed by atoms with Crippen LogP contribution >= 0.6 is 0 Å². The second-order valence-corrected chi connectivity index (χ2v) is 9.13. The molecule has 3 aromatic carbocycles. The van der Waals surface area contributed by atoms with Crippen LogP contribution in [0.15, 0.2) is 77.7 Å². The number of carbonyl (C=O) groups is 1. The predicted octanol–water partition coefficient (Wildman–Crippen LogP) is 3.03. The molecule has 3 aromatic rings. The molecule has 4 rings (SSSR count). The van der Waals surface area contributed by atoms with E-state index in [2.05, 4.69) is 5.32 Å². The lowest BCUT2D eigenvalue weighted by atomic mass is 10.0. The van der Waals surface area contributed by atoms with Gasteiger partial charge in [-0.1, -0.05) is 48.5 Å². The molecule has 0 aromatic heterocycles. The lowest BCUT2D eigenvalue weighted by Crippen LogP contribution is -2.15. The van der Waals surface area contributed by atoms with Crippen molar-refractivity contribution in [1.82, 2.24) is 0 Å². The molecule has 1 aliphatic carbocycles. The molecule has 158 valence electrons. The van der Waals surface area contributed by atoms with Gasteiger partial charge in [0.15, 0.2) is 0 Å². The fraction of sp³-hybridized carbons (Fsp3) is 0.130. The van der Waals surface area contributed by atoms with E-state index >= 15 is 0 Å². The SMILES string of the molecule is N=C(N)c1cccc([C@@H]2C[C@H]2C(=O)Nc2ccc(-c3ccccc3S(N)(=O)=O)cc2)c1. The Morgan fingerprint density at radius 1 is 1.00 bits per heavy atom. The molecule has 0 heterocycles. The van der Waals surface area contributed by atoms with E-state index in [0.717, 1.165) is 12.0 Å². The lowest BCUT2D eigenvalue weighted by molar-refractivity contribution is -0.117. The monoisotopic (exact) mass is 434 g/mol. The minimum Gasteiger partial charge on any atom is -0.384 e. The molecular weight excluding hydrogens is 412 g/mol. The molecule has 0 radical (unpaired) electrons. The fourth-order valence-corrected chi connectivity index (χ4v) is 4.47. The Hall–Kier alpha value is -3.49. The van der Waals surface area contributed by atoms with Gasteiger partial charge in [-0.15, -0.1) is 0 Å². The molecule has 0 saturated heterocycles. The van der Waals surface area contributed by atoms with Crippen molar-refractivity contribution in [3.05, 3.63) is 83.9 Å². The number of nitrogens with two attached hydrogens (primary N) is 2. The highest BCUT2D eigenvalue weighted by molar-refractivity contribution is 7.89. The van der Waals surface area contributed by atoms with E-state index in [9.17, 15) is 13.2 Å². The van der Waals surface area contributed by atoms with Crippen molar-refractivity contribution in [2.75, 3.05) is 5.32 Å². The van der Waals surface area contributed by atoms with E-state index in [0.29, 0.717) is 22.4 Å². The van der Waals surface area contributed by atoms with Gasteiger partial charge in [0.1, 0.15) is 5.84 Å². The standard InChI is InChI=1S/C23H22N4O3S/c24-22(25)16-5-3-4-15(12-16)19-13-20(19)23(28)27-17-10-8-14(9-11-17)18-6-1-2-7-21(18)31(26,29)30/h1-12,19-20H,13H2,(H3,24,25)(H,27,28)(H2,26,29,30)/t19-,20+/m0/s1. The maximum atomic E-state index is 12.6. The van der Waals surface area contributed by atoms with Gasteiger partial charge in [-0.3, -0.25) is 10.2 Å². The molecule has 0 spiro atoms. The molecule has 31 heavy (non-hydrogen) atoms. The summed E-state index contributed by atoms with van der Waals surface area (Å²) >= 11 is 0. The minimum absolute atomic E-state index is 0.00704. The first-order valence-corrected chi connectivity index (χ1v) is 11.3. The Bertz CT molecular complexity index is 1270. The number of nitrogens with one attached hydrogen (secondary N) is 2. The number of nitrogen functional groups attached to an aromatic ring is 1. The van der Waals surface area contributed by atoms with Crippen LogP contribution in [0.2, 0.25) is 0 Å². The molecule has 6 N–H and O–H groups in total. The van der Waals surface area contributed by atoms with Gasteiger partial charge in [-0.05, 0) is 47.7 Å². The lowest BCUT2D eigenvalue weighted by Gasteiger charge is -2.10. The van der Waals surface area contributed by atoms with E-state index < -0.39 is 10.0 Å². The zero-order chi connectivity index (χ0) is 22.2. The third-order valence-corrected chi connectivity index (χ3v) is 6.38. The molecule has 0 aliphatic heterocycles. The highest BCUT2D eigenvalue weighted by atomic mass is 32.2. The smallest absolute Gasteiger partial charge is 0.238 e. The minimum atomic E-state index is -3.85. The van der Waals surface area contributed by atoms with Gasteiger partial charge in [0.2, 0.25) is 15.9 Å². The van der Waals surface area contributed by atoms with Gasteiger partial charge < -0.3 is 11.1 Å². The van der Waals surface area contributed by atoms with Gasteiger partial charge in [0.05, 0.1) is 4.90 Å². The molecule has 7 nitrogen and oxygen atoms in total. The van der Waals surface area contributed by atoms with Crippen LogP contribution in [0.4, 0.5) is 5.69 Å². The van der Waals surface area contributed by atoms with Gasteiger partial charge in [0, 0.05) is 22.7 Å². The van der Waals surface area contributed by atoms with Crippen molar-refractivity contribution in [3.8, 4) is 11.1 Å². The molecule has 2 atom stereocenters. The van der Waals surface area contributed by atoms with Crippen molar-refractivity contribution in [3.63, 3.8) is 0 Å². The Labute approximate surface area is 180 Å². The zero-order valence-corrected chi connectivity index (χ0v) is 17.4. The second-order valence-electron chi connectivity index (χ2n) is 7.60. The van der Waals surface area contributed by atoms with Gasteiger partial charge >= 0.3 is 0 Å². The van der Waals surface area contributed by atoms with Crippen LogP contribution in [0.25, 0.3) is 11.1 Å². The highest BCUT2D eigenvalue weighted by Gasteiger charge is 2.44. The summed E-state index contributed by atoms with van der Waals surface area (Å²) in [5, 5.41) is 15.8. The van der Waals surface area contributed by atoms with E-state index in [1.165, 1.54) is 6.07 Å². The third kappa shape index (κ3) is 4.50. The van der Waals surface area contributed by atoms with Crippen molar-refractivity contribution < 1.29 is 13.2 Å². The van der Waals surface area contributed by atoms with Crippen LogP contribution in [-0.2, 0) is 14.8 Å². The van der Waals surface area contributed by atoms with Crippen LogP contribution in [0.5, 0.6) is 0 Å². The van der Waals surface area contributed by atoms with Crippen molar-refractivity contribution in [2.24, 2.45) is 16.8 Å². The Morgan fingerprint density at radius 3 is 2.39 bits per heavy atom. The summed E-state index contributed by atoms with van der Waals surface area (Å²) in [4.78, 5) is 12.7. The van der Waals surface area contributed by atoms with Crippen molar-refractivity contribution >= 4 is 27.5 Å². The average Bonchev–Trinajstić information content (AvgIpc) is 3.55. The largest absolute Gasteiger partial charge is 0.384 e. The van der Waals surface area contributed by atoms with E-state index in [4.69, 9.17) is 16.3 Å². The summed E-state index contributed by atoms with van der Waals surface area (Å²) in [5.74, 6) is -0.0891. The molecule has 0 bridgehead atoms. The maximum absolute atomic E-state index is 12.6. The van der Waals surface area contributed by atoms with Crippen LogP contribution in [-0.4, -0.2) is 20.2 Å². The number of hydrogen-bond donors (Lipinski definition) is 4. The first-order valence-electron chi connectivity index (χ1n) is 9.71. The van der Waals surface area contributed by atoms with E-state index in [-0.39, 0.29) is 28.5 Å². The Kier molecular flexibility index (Phi) is 5.34. The van der Waals surface area contributed by atoms with Crippen molar-refractivity contribution in [2.45, 2.75) is 17.2 Å². The second kappa shape index (κ2) is 7.98. The number of anilines is 1. The summed E-state index contributed by atoms with van der Waals surface area (Å²) < 4.78 is 23.7. The number of hydrogen-bond acceptors (Lipinski definition) is 4. The quantitative estimate of drug-likeness (QED) is 0.350. The molecule has 1 aliphatic rings. The summed E-state index contributed by atoms with van der Waals surface area (Å²) in [6.45, 7) is 0. The molecule has 0 unspecified atom stereocenters. The van der Waals surface area contributed by atoms with Crippen LogP contribution < -0.4 is 16.2 Å². The van der Waals surface area contributed by atoms with Gasteiger partial charge in [-0.25, -0.2) is 13.6 Å². The number of amides is 1. The fourth-order valence-electron chi connectivity index (χ4n) is 3.71. The maximum Gasteiger partial charge on any atom is 0.238 e. The summed E-state index contributed by atoms with van der Waals surface area (Å²) in [6.07, 6.45) is 0.743. The number of sulfonamides is 1. The summed E-state index contributed by atoms with van der Waals surface area (Å²) in [7, 11) is -3.85. The third-order valence-electron chi connectivity index (χ3n) is 5.41. The first-order chi connectivity index (χ1) is 14.7. The van der Waals surface area contributed by atoms with E-state index in [1.54, 1.807) is 48.5 Å². The number of rotatable bonds is 6. The van der Waals surface area contributed by atoms with Crippen LogP contribution in [0.1, 0.15) is 23.5 Å². The molecule has 1 saturated carbocycles. The average molecular weight is 435 g/mol. The Morgan fingerprint density at radius 2 is 1.71 bits per heavy atom. The normalized spacial score (nSPS) is 17.7. The highest BCUT2D eigenvalue weighted by Crippen LogP contribution is 2.48.